The second-order valence-corrected chi connectivity index (χ2v) is 5.45. The third-order valence-electron chi connectivity index (χ3n) is 4.03. The van der Waals surface area contributed by atoms with Gasteiger partial charge in [0.1, 0.15) is 0 Å². The van der Waals surface area contributed by atoms with Crippen LogP contribution in [0.15, 0.2) is 18.2 Å². The maximum atomic E-state index is 11.9. The molecule has 0 unspecified atom stereocenters. The van der Waals surface area contributed by atoms with Crippen molar-refractivity contribution in [2.45, 2.75) is 38.5 Å². The van der Waals surface area contributed by atoms with Gasteiger partial charge in [-0.15, -0.1) is 0 Å². The number of carbonyl (C=O) groups is 1. The maximum Gasteiger partial charge on any atom is 0.224 e. The molecule has 3 heteroatoms. The van der Waals surface area contributed by atoms with Gasteiger partial charge in [-0.25, -0.2) is 0 Å². The lowest BCUT2D eigenvalue weighted by atomic mass is 9.83. The number of benzene rings is 1. The lowest BCUT2D eigenvalue weighted by molar-refractivity contribution is -0.117. The molecule has 18 heavy (non-hydrogen) atoms. The third-order valence-corrected chi connectivity index (χ3v) is 4.03. The lowest BCUT2D eigenvalue weighted by Gasteiger charge is -2.24. The number of carbonyl (C=O) groups excluding carboxylic acids is 1. The highest BCUT2D eigenvalue weighted by Gasteiger charge is 2.20. The molecule has 1 saturated carbocycles. The van der Waals surface area contributed by atoms with Gasteiger partial charge in [0.25, 0.3) is 0 Å². The van der Waals surface area contributed by atoms with Crippen molar-refractivity contribution in [3.63, 3.8) is 0 Å². The van der Waals surface area contributed by atoms with E-state index in [2.05, 4.69) is 22.8 Å². The average Bonchev–Trinajstić information content (AvgIpc) is 2.34. The summed E-state index contributed by atoms with van der Waals surface area (Å²) < 4.78 is 0. The molecular formula is C15H20N2O. The molecule has 1 fully saturated rings. The fourth-order valence-electron chi connectivity index (χ4n) is 2.71. The van der Waals surface area contributed by atoms with Gasteiger partial charge in [0.05, 0.1) is 0 Å². The molecule has 2 aliphatic rings. The van der Waals surface area contributed by atoms with Crippen LogP contribution in [0.5, 0.6) is 0 Å². The van der Waals surface area contributed by atoms with Crippen LogP contribution in [-0.2, 0) is 11.2 Å². The Bertz CT molecular complexity index is 452. The minimum absolute atomic E-state index is 0.162. The smallest absolute Gasteiger partial charge is 0.224 e. The first-order valence-electron chi connectivity index (χ1n) is 6.98. The van der Waals surface area contributed by atoms with E-state index < -0.39 is 0 Å². The molecule has 0 aromatic heterocycles. The Morgan fingerprint density at radius 3 is 3.00 bits per heavy atom. The van der Waals surface area contributed by atoms with Gasteiger partial charge < -0.3 is 10.6 Å². The van der Waals surface area contributed by atoms with Gasteiger partial charge in [-0.1, -0.05) is 12.5 Å². The maximum absolute atomic E-state index is 11.9. The summed E-state index contributed by atoms with van der Waals surface area (Å²) in [6, 6.07) is 6.21. The lowest BCUT2D eigenvalue weighted by Crippen LogP contribution is -2.21. The Kier molecular flexibility index (Phi) is 3.22. The molecule has 1 aliphatic carbocycles. The van der Waals surface area contributed by atoms with E-state index in [0.717, 1.165) is 18.7 Å². The molecule has 1 aromatic rings. The largest absolute Gasteiger partial charge is 0.385 e. The number of fused-ring (bicyclic) bond motifs is 1. The molecule has 0 spiro atoms. The molecule has 0 atom stereocenters. The zero-order valence-corrected chi connectivity index (χ0v) is 10.7. The van der Waals surface area contributed by atoms with Crippen LogP contribution in [0.25, 0.3) is 0 Å². The highest BCUT2D eigenvalue weighted by molar-refractivity contribution is 5.91. The second-order valence-electron chi connectivity index (χ2n) is 5.45. The standard InChI is InChI=1S/C15H20N2O/c18-15(9-11-3-1-4-11)17-13-7-6-12-5-2-8-16-14(12)10-13/h6-7,10-11,16H,1-5,8-9H2,(H,17,18). The van der Waals surface area contributed by atoms with E-state index in [1.165, 1.54) is 36.9 Å². The van der Waals surface area contributed by atoms with E-state index in [9.17, 15) is 4.79 Å². The molecule has 1 amide bonds. The average molecular weight is 244 g/mol. The summed E-state index contributed by atoms with van der Waals surface area (Å²) in [5.74, 6) is 0.788. The Balaban J connectivity index is 1.63. The highest BCUT2D eigenvalue weighted by atomic mass is 16.1. The summed E-state index contributed by atoms with van der Waals surface area (Å²) in [5, 5.41) is 6.40. The highest BCUT2D eigenvalue weighted by Crippen LogP contribution is 2.30. The van der Waals surface area contributed by atoms with Crippen molar-refractivity contribution in [2.75, 3.05) is 17.2 Å². The van der Waals surface area contributed by atoms with Crippen LogP contribution in [0.3, 0.4) is 0 Å². The summed E-state index contributed by atoms with van der Waals surface area (Å²) >= 11 is 0. The van der Waals surface area contributed by atoms with E-state index in [-0.39, 0.29) is 5.91 Å². The predicted octanol–water partition coefficient (Wildman–Crippen LogP) is 3.17. The van der Waals surface area contributed by atoms with Crippen LogP contribution < -0.4 is 10.6 Å². The first-order chi connectivity index (χ1) is 8.81. The molecule has 2 N–H and O–H groups in total. The third kappa shape index (κ3) is 2.50. The van der Waals surface area contributed by atoms with Crippen LogP contribution in [-0.4, -0.2) is 12.5 Å². The van der Waals surface area contributed by atoms with Crippen molar-refractivity contribution in [1.29, 1.82) is 0 Å². The molecule has 1 aliphatic heterocycles. The van der Waals surface area contributed by atoms with Crippen LogP contribution in [0.2, 0.25) is 0 Å². The monoisotopic (exact) mass is 244 g/mol. The van der Waals surface area contributed by atoms with Crippen LogP contribution in [0.4, 0.5) is 11.4 Å². The van der Waals surface area contributed by atoms with E-state index in [1.54, 1.807) is 0 Å². The summed E-state index contributed by atoms with van der Waals surface area (Å²) in [6.07, 6.45) is 6.75. The van der Waals surface area contributed by atoms with Crippen molar-refractivity contribution in [3.05, 3.63) is 23.8 Å². The van der Waals surface area contributed by atoms with Crippen molar-refractivity contribution in [3.8, 4) is 0 Å². The van der Waals surface area contributed by atoms with Gasteiger partial charge in [-0.05, 0) is 49.3 Å². The van der Waals surface area contributed by atoms with Gasteiger partial charge >= 0.3 is 0 Å². The first kappa shape index (κ1) is 11.6. The van der Waals surface area contributed by atoms with Crippen molar-refractivity contribution in [1.82, 2.24) is 0 Å². The van der Waals surface area contributed by atoms with Crippen LogP contribution in [0, 0.1) is 5.92 Å². The first-order valence-corrected chi connectivity index (χ1v) is 6.98. The molecule has 1 heterocycles. The van der Waals surface area contributed by atoms with Gasteiger partial charge in [-0.2, -0.15) is 0 Å². The molecule has 0 bridgehead atoms. The Hall–Kier alpha value is -1.51. The molecule has 3 nitrogen and oxygen atoms in total. The Morgan fingerprint density at radius 1 is 1.33 bits per heavy atom. The van der Waals surface area contributed by atoms with E-state index in [4.69, 9.17) is 0 Å². The van der Waals surface area contributed by atoms with Gasteiger partial charge in [0.2, 0.25) is 5.91 Å². The molecule has 0 radical (unpaired) electrons. The fourth-order valence-corrected chi connectivity index (χ4v) is 2.71. The molecule has 1 aromatic carbocycles. The second kappa shape index (κ2) is 5.01. The van der Waals surface area contributed by atoms with Crippen molar-refractivity contribution in [2.24, 2.45) is 5.92 Å². The predicted molar refractivity (Wildman–Crippen MR) is 73.8 cm³/mol. The van der Waals surface area contributed by atoms with Gasteiger partial charge in [0.15, 0.2) is 0 Å². The minimum Gasteiger partial charge on any atom is -0.385 e. The normalized spacial score (nSPS) is 18.4. The number of hydrogen-bond donors (Lipinski definition) is 2. The Labute approximate surface area is 108 Å². The number of hydrogen-bond acceptors (Lipinski definition) is 2. The topological polar surface area (TPSA) is 41.1 Å². The number of nitrogens with one attached hydrogen (secondary N) is 2. The number of aryl methyl sites for hydroxylation is 1. The van der Waals surface area contributed by atoms with Crippen molar-refractivity contribution < 1.29 is 4.79 Å². The van der Waals surface area contributed by atoms with Gasteiger partial charge in [-0.3, -0.25) is 4.79 Å². The van der Waals surface area contributed by atoms with E-state index in [1.807, 2.05) is 6.07 Å². The minimum atomic E-state index is 0.162. The SMILES string of the molecule is O=C(CC1CCC1)Nc1ccc2c(c1)NCCC2. The molecular weight excluding hydrogens is 224 g/mol. The zero-order chi connectivity index (χ0) is 12.4. The molecule has 3 rings (SSSR count). The Morgan fingerprint density at radius 2 is 2.22 bits per heavy atom. The fraction of sp³-hybridized carbons (Fsp3) is 0.533. The van der Waals surface area contributed by atoms with E-state index in [0.29, 0.717) is 12.3 Å². The summed E-state index contributed by atoms with van der Waals surface area (Å²) in [7, 11) is 0. The summed E-state index contributed by atoms with van der Waals surface area (Å²) in [4.78, 5) is 11.9. The zero-order valence-electron chi connectivity index (χ0n) is 10.7. The summed E-state index contributed by atoms with van der Waals surface area (Å²) in [6.45, 7) is 1.03. The van der Waals surface area contributed by atoms with E-state index >= 15 is 0 Å². The van der Waals surface area contributed by atoms with Crippen molar-refractivity contribution >= 4 is 17.3 Å². The van der Waals surface area contributed by atoms with Gasteiger partial charge in [0, 0.05) is 24.3 Å². The van der Waals surface area contributed by atoms with Crippen LogP contribution in [0.1, 0.15) is 37.7 Å². The summed E-state index contributed by atoms with van der Waals surface area (Å²) in [5.41, 5.74) is 3.47. The number of anilines is 2. The van der Waals surface area contributed by atoms with Crippen LogP contribution >= 0.6 is 0 Å². The quantitative estimate of drug-likeness (QED) is 0.857. The number of rotatable bonds is 3. The molecule has 0 saturated heterocycles. The number of amides is 1. The molecule has 96 valence electrons.